The van der Waals surface area contributed by atoms with Gasteiger partial charge in [0, 0.05) is 5.56 Å². The number of benzene rings is 2. The van der Waals surface area contributed by atoms with Gasteiger partial charge in [0.2, 0.25) is 0 Å². The first-order valence-electron chi connectivity index (χ1n) is 7.18. The van der Waals surface area contributed by atoms with Crippen molar-refractivity contribution in [1.29, 1.82) is 0 Å². The average Bonchev–Trinajstić information content (AvgIpc) is 2.95. The summed E-state index contributed by atoms with van der Waals surface area (Å²) in [5.74, 6) is 0. The van der Waals surface area contributed by atoms with Crippen molar-refractivity contribution in [2.75, 3.05) is 6.26 Å². The standard InChI is InChI=1S/C18H16N2S/c1-21-18-17-15-10-6-5-7-13(15)11-12-16(17)20(19-18)14-8-3-2-4-9-14/h2-10H,11-12H2,1H3. The van der Waals surface area contributed by atoms with Crippen molar-refractivity contribution < 1.29 is 0 Å². The van der Waals surface area contributed by atoms with Crippen molar-refractivity contribution in [3.8, 4) is 16.8 Å². The zero-order chi connectivity index (χ0) is 14.2. The van der Waals surface area contributed by atoms with Crippen molar-refractivity contribution in [2.24, 2.45) is 0 Å². The molecule has 4 rings (SSSR count). The molecule has 1 heterocycles. The molecule has 0 atom stereocenters. The van der Waals surface area contributed by atoms with Crippen LogP contribution >= 0.6 is 11.8 Å². The van der Waals surface area contributed by atoms with Crippen LogP contribution in [-0.4, -0.2) is 16.0 Å². The van der Waals surface area contributed by atoms with Crippen LogP contribution in [0.1, 0.15) is 11.3 Å². The lowest BCUT2D eigenvalue weighted by molar-refractivity contribution is 0.766. The molecule has 0 fully saturated rings. The molecule has 3 heteroatoms. The molecule has 2 nitrogen and oxygen atoms in total. The number of hydrogen-bond donors (Lipinski definition) is 0. The van der Waals surface area contributed by atoms with E-state index in [1.54, 1.807) is 11.8 Å². The van der Waals surface area contributed by atoms with Crippen LogP contribution in [0.2, 0.25) is 0 Å². The minimum Gasteiger partial charge on any atom is -0.236 e. The third kappa shape index (κ3) is 2.00. The zero-order valence-electron chi connectivity index (χ0n) is 11.9. The average molecular weight is 292 g/mol. The van der Waals surface area contributed by atoms with E-state index < -0.39 is 0 Å². The third-order valence-electron chi connectivity index (χ3n) is 4.06. The van der Waals surface area contributed by atoms with Crippen LogP contribution in [0.4, 0.5) is 0 Å². The summed E-state index contributed by atoms with van der Waals surface area (Å²) in [5.41, 5.74) is 6.60. The van der Waals surface area contributed by atoms with E-state index in [4.69, 9.17) is 5.10 Å². The molecule has 0 spiro atoms. The van der Waals surface area contributed by atoms with Gasteiger partial charge >= 0.3 is 0 Å². The van der Waals surface area contributed by atoms with Crippen LogP contribution < -0.4 is 0 Å². The summed E-state index contributed by atoms with van der Waals surface area (Å²) < 4.78 is 2.12. The number of hydrogen-bond acceptors (Lipinski definition) is 2. The molecule has 21 heavy (non-hydrogen) atoms. The Morgan fingerprint density at radius 3 is 2.52 bits per heavy atom. The van der Waals surface area contributed by atoms with E-state index >= 15 is 0 Å². The van der Waals surface area contributed by atoms with Gasteiger partial charge in [-0.15, -0.1) is 11.8 Å². The predicted molar refractivity (Wildman–Crippen MR) is 88.2 cm³/mol. The highest BCUT2D eigenvalue weighted by molar-refractivity contribution is 7.98. The molecular formula is C18H16N2S. The molecule has 0 amide bonds. The second-order valence-corrected chi connectivity index (χ2v) is 6.03. The van der Waals surface area contributed by atoms with Gasteiger partial charge in [-0.2, -0.15) is 5.10 Å². The van der Waals surface area contributed by atoms with Crippen LogP contribution in [0.3, 0.4) is 0 Å². The lowest BCUT2D eigenvalue weighted by Gasteiger charge is -2.18. The number of aromatic nitrogens is 2. The normalized spacial score (nSPS) is 12.8. The Labute approximate surface area is 128 Å². The lowest BCUT2D eigenvalue weighted by atomic mass is 9.90. The van der Waals surface area contributed by atoms with Gasteiger partial charge in [-0.1, -0.05) is 42.5 Å². The molecule has 0 saturated heterocycles. The molecular weight excluding hydrogens is 276 g/mol. The van der Waals surface area contributed by atoms with Crippen LogP contribution in [0.15, 0.2) is 59.6 Å². The lowest BCUT2D eigenvalue weighted by Crippen LogP contribution is -2.08. The van der Waals surface area contributed by atoms with E-state index in [1.807, 2.05) is 6.07 Å². The molecule has 1 aliphatic rings. The summed E-state index contributed by atoms with van der Waals surface area (Å²) >= 11 is 1.73. The highest BCUT2D eigenvalue weighted by Gasteiger charge is 2.25. The third-order valence-corrected chi connectivity index (χ3v) is 4.73. The van der Waals surface area contributed by atoms with Crippen molar-refractivity contribution >= 4 is 11.8 Å². The van der Waals surface area contributed by atoms with E-state index in [9.17, 15) is 0 Å². The molecule has 3 aromatic rings. The van der Waals surface area contributed by atoms with Gasteiger partial charge in [0.15, 0.2) is 0 Å². The first-order valence-corrected chi connectivity index (χ1v) is 8.40. The van der Waals surface area contributed by atoms with Crippen molar-refractivity contribution in [2.45, 2.75) is 17.9 Å². The highest BCUT2D eigenvalue weighted by Crippen LogP contribution is 2.40. The summed E-state index contributed by atoms with van der Waals surface area (Å²) in [5, 5.41) is 5.98. The summed E-state index contributed by atoms with van der Waals surface area (Å²) in [6.45, 7) is 0. The first-order chi connectivity index (χ1) is 10.4. The topological polar surface area (TPSA) is 17.8 Å². The van der Waals surface area contributed by atoms with E-state index in [-0.39, 0.29) is 0 Å². The molecule has 0 aliphatic heterocycles. The molecule has 0 radical (unpaired) electrons. The van der Waals surface area contributed by atoms with Crippen LogP contribution in [0, 0.1) is 0 Å². The van der Waals surface area contributed by atoms with E-state index in [2.05, 4.69) is 59.5 Å². The maximum absolute atomic E-state index is 4.86. The van der Waals surface area contributed by atoms with E-state index in [0.29, 0.717) is 0 Å². The second kappa shape index (κ2) is 5.08. The van der Waals surface area contributed by atoms with Gasteiger partial charge < -0.3 is 0 Å². The largest absolute Gasteiger partial charge is 0.236 e. The Morgan fingerprint density at radius 2 is 1.71 bits per heavy atom. The maximum Gasteiger partial charge on any atom is 0.126 e. The van der Waals surface area contributed by atoms with Gasteiger partial charge in [0.25, 0.3) is 0 Å². The van der Waals surface area contributed by atoms with Gasteiger partial charge in [-0.3, -0.25) is 0 Å². The van der Waals surface area contributed by atoms with Crippen LogP contribution in [0.5, 0.6) is 0 Å². The van der Waals surface area contributed by atoms with Gasteiger partial charge in [-0.05, 0) is 42.4 Å². The van der Waals surface area contributed by atoms with Gasteiger partial charge in [0.05, 0.1) is 11.4 Å². The molecule has 0 saturated carbocycles. The summed E-state index contributed by atoms with van der Waals surface area (Å²) in [6.07, 6.45) is 4.25. The molecule has 1 aliphatic carbocycles. The molecule has 1 aromatic heterocycles. The Bertz CT molecular complexity index is 790. The number of thioether (sulfide) groups is 1. The minimum atomic E-state index is 1.05. The summed E-state index contributed by atoms with van der Waals surface area (Å²) in [4.78, 5) is 0. The van der Waals surface area contributed by atoms with Crippen LogP contribution in [0.25, 0.3) is 16.8 Å². The number of nitrogens with zero attached hydrogens (tertiary/aromatic N) is 2. The van der Waals surface area contributed by atoms with Gasteiger partial charge in [-0.25, -0.2) is 4.68 Å². The predicted octanol–water partition coefficient (Wildman–Crippen LogP) is 4.36. The summed E-state index contributed by atoms with van der Waals surface area (Å²) in [6, 6.07) is 19.1. The fourth-order valence-corrected chi connectivity index (χ4v) is 3.69. The van der Waals surface area contributed by atoms with Crippen LogP contribution in [-0.2, 0) is 12.8 Å². The fourth-order valence-electron chi connectivity index (χ4n) is 3.09. The second-order valence-electron chi connectivity index (χ2n) is 5.24. The summed E-state index contributed by atoms with van der Waals surface area (Å²) in [7, 11) is 0. The zero-order valence-corrected chi connectivity index (χ0v) is 12.7. The Hall–Kier alpha value is -2.00. The monoisotopic (exact) mass is 292 g/mol. The Balaban J connectivity index is 1.98. The molecule has 104 valence electrons. The first kappa shape index (κ1) is 12.7. The molecule has 2 aromatic carbocycles. The molecule has 0 bridgehead atoms. The highest BCUT2D eigenvalue weighted by atomic mass is 32.2. The quantitative estimate of drug-likeness (QED) is 0.653. The van der Waals surface area contributed by atoms with Crippen molar-refractivity contribution in [3.63, 3.8) is 0 Å². The van der Waals surface area contributed by atoms with Crippen molar-refractivity contribution in [1.82, 2.24) is 9.78 Å². The number of fused-ring (bicyclic) bond motifs is 3. The maximum atomic E-state index is 4.86. The van der Waals surface area contributed by atoms with Crippen molar-refractivity contribution in [3.05, 3.63) is 65.9 Å². The van der Waals surface area contributed by atoms with E-state index in [0.717, 1.165) is 23.6 Å². The molecule has 0 N–H and O–H groups in total. The minimum absolute atomic E-state index is 1.05. The van der Waals surface area contributed by atoms with E-state index in [1.165, 1.54) is 22.4 Å². The number of para-hydroxylation sites is 1. The number of rotatable bonds is 2. The molecule has 0 unspecified atom stereocenters. The number of aryl methyl sites for hydroxylation is 1. The van der Waals surface area contributed by atoms with Gasteiger partial charge in [0.1, 0.15) is 5.03 Å². The Morgan fingerprint density at radius 1 is 0.952 bits per heavy atom. The SMILES string of the molecule is CSc1nn(-c2ccccc2)c2c1-c1ccccc1CC2. The smallest absolute Gasteiger partial charge is 0.126 e. The Kier molecular flexibility index (Phi) is 3.08. The fraction of sp³-hybridized carbons (Fsp3) is 0.167.